The van der Waals surface area contributed by atoms with Crippen LogP contribution in [0.4, 0.5) is 0 Å². The van der Waals surface area contributed by atoms with E-state index in [1.54, 1.807) is 0 Å². The fourth-order valence-corrected chi connectivity index (χ4v) is 5.17. The third-order valence-electron chi connectivity index (χ3n) is 5.00. The van der Waals surface area contributed by atoms with Crippen molar-refractivity contribution in [1.29, 1.82) is 0 Å². The van der Waals surface area contributed by atoms with Gasteiger partial charge in [-0.1, -0.05) is 233 Å². The zero-order valence-corrected chi connectivity index (χ0v) is 36.7. The van der Waals surface area contributed by atoms with E-state index >= 15 is 0 Å². The van der Waals surface area contributed by atoms with E-state index in [4.69, 9.17) is 174 Å². The van der Waals surface area contributed by atoms with Crippen LogP contribution in [-0.2, 0) is 18.6 Å². The van der Waals surface area contributed by atoms with E-state index in [9.17, 15) is 25.5 Å². The zero-order valence-electron chi connectivity index (χ0n) is 23.9. The van der Waals surface area contributed by atoms with E-state index in [0.29, 0.717) is 25.1 Å². The van der Waals surface area contributed by atoms with Gasteiger partial charge in [-0.3, -0.25) is 0 Å². The van der Waals surface area contributed by atoms with Gasteiger partial charge in [0, 0.05) is 0 Å². The molecule has 0 aliphatic heterocycles. The van der Waals surface area contributed by atoms with E-state index in [1.165, 1.54) is 60.7 Å². The monoisotopic (exact) mass is 1030 g/mol. The van der Waals surface area contributed by atoms with Crippen molar-refractivity contribution in [2.45, 2.75) is 0 Å². The Labute approximate surface area is 378 Å². The molecule has 5 rings (SSSR count). The van der Waals surface area contributed by atoms with Crippen LogP contribution in [0.15, 0.2) is 60.7 Å². The Kier molecular flexibility index (Phi) is 24.5. The first-order valence-electron chi connectivity index (χ1n) is 12.2. The van der Waals surface area contributed by atoms with Gasteiger partial charge < -0.3 is 25.5 Å². The second-order valence-corrected chi connectivity index (χ2v) is 14.2. The van der Waals surface area contributed by atoms with Crippen LogP contribution < -0.4 is 25.5 Å². The summed E-state index contributed by atoms with van der Waals surface area (Å²) in [4.78, 5) is 0. The molecule has 21 heteroatoms. The molecule has 0 aromatic heterocycles. The molecule has 0 saturated heterocycles. The standard InChI is InChI=1S/5C6H3Cl3O.V/c5*7-3-1-2-4(10)6(9)5(3)8;/h5*1-2,10H;/q;;;;;+5/p-5. The van der Waals surface area contributed by atoms with Crippen LogP contribution in [-0.4, -0.2) is 0 Å². The molecule has 0 fully saturated rings. The van der Waals surface area contributed by atoms with Crippen molar-refractivity contribution in [3.63, 3.8) is 0 Å². The Bertz CT molecular complexity index is 1490. The normalized spacial score (nSPS) is 9.71. The Morgan fingerprint density at radius 2 is 0.333 bits per heavy atom. The summed E-state index contributed by atoms with van der Waals surface area (Å²) in [5, 5.41) is 55.6. The molecule has 5 nitrogen and oxygen atoms in total. The van der Waals surface area contributed by atoms with E-state index in [2.05, 4.69) is 0 Å². The second-order valence-electron chi connectivity index (χ2n) is 8.37. The molecule has 0 spiro atoms. The average Bonchev–Trinajstić information content (AvgIpc) is 3.10. The fourth-order valence-electron chi connectivity index (χ4n) is 2.54. The maximum absolute atomic E-state index is 10.7. The van der Waals surface area contributed by atoms with E-state index < -0.39 is 0 Å². The topological polar surface area (TPSA) is 115 Å². The zero-order chi connectivity index (χ0) is 38.6. The summed E-state index contributed by atoms with van der Waals surface area (Å²) in [5.74, 6) is -1.55. The summed E-state index contributed by atoms with van der Waals surface area (Å²) >= 11 is 82.5. The minimum atomic E-state index is -0.309. The van der Waals surface area contributed by atoms with Crippen molar-refractivity contribution >= 4 is 174 Å². The van der Waals surface area contributed by atoms with Gasteiger partial charge >= 0.3 is 18.6 Å². The minimum Gasteiger partial charge on any atom is -0.871 e. The van der Waals surface area contributed by atoms with Crippen molar-refractivity contribution in [3.8, 4) is 28.7 Å². The van der Waals surface area contributed by atoms with Crippen LogP contribution in [0.1, 0.15) is 0 Å². The van der Waals surface area contributed by atoms with Gasteiger partial charge in [0.2, 0.25) is 0 Å². The van der Waals surface area contributed by atoms with Gasteiger partial charge in [-0.15, -0.1) is 0 Å². The maximum atomic E-state index is 10.7. The molecule has 0 saturated carbocycles. The third-order valence-corrected chi connectivity index (χ3v) is 11.4. The van der Waals surface area contributed by atoms with Crippen molar-refractivity contribution in [2.75, 3.05) is 0 Å². The summed E-state index contributed by atoms with van der Waals surface area (Å²) in [6, 6.07) is 13.4. The average molecular weight is 1030 g/mol. The van der Waals surface area contributed by atoms with Crippen molar-refractivity contribution in [2.24, 2.45) is 0 Å². The maximum Gasteiger partial charge on any atom is 5.00 e. The van der Waals surface area contributed by atoms with E-state index in [1.807, 2.05) is 0 Å². The number of hydrogen-bond donors (Lipinski definition) is 0. The van der Waals surface area contributed by atoms with Gasteiger partial charge in [-0.25, -0.2) is 0 Å². The van der Waals surface area contributed by atoms with E-state index in [-0.39, 0.29) is 97.5 Å². The Morgan fingerprint density at radius 3 is 0.431 bits per heavy atom. The predicted molar refractivity (Wildman–Crippen MR) is 205 cm³/mol. The predicted octanol–water partition coefficient (Wildman–Crippen LogP) is 13.6. The van der Waals surface area contributed by atoms with Gasteiger partial charge in [-0.2, -0.15) is 0 Å². The summed E-state index contributed by atoms with van der Waals surface area (Å²) in [6.45, 7) is 0. The van der Waals surface area contributed by atoms with Crippen LogP contribution in [0, 0.1) is 0 Å². The van der Waals surface area contributed by atoms with Crippen molar-refractivity contribution < 1.29 is 44.1 Å². The van der Waals surface area contributed by atoms with Gasteiger partial charge in [0.1, 0.15) is 0 Å². The Morgan fingerprint density at radius 1 is 0.216 bits per heavy atom. The molecular formula is C30H10Cl15O5V. The second kappa shape index (κ2) is 24.5. The Balaban J connectivity index is 0.000000610. The van der Waals surface area contributed by atoms with Gasteiger partial charge in [0.15, 0.2) is 0 Å². The first-order chi connectivity index (χ1) is 23.1. The molecule has 5 aromatic rings. The number of rotatable bonds is 0. The third kappa shape index (κ3) is 16.0. The Hall–Kier alpha value is 0.0344. The quantitative estimate of drug-likeness (QED) is 0.143. The SMILES string of the molecule is [O-]c1ccc(Cl)c(Cl)c1Cl.[O-]c1ccc(Cl)c(Cl)c1Cl.[O-]c1ccc(Cl)c(Cl)c1Cl.[O-]c1ccc(Cl)c(Cl)c1Cl.[O-]c1ccc(Cl)c(Cl)c1Cl.[V+5]. The van der Waals surface area contributed by atoms with Crippen LogP contribution in [0.25, 0.3) is 0 Å². The molecule has 0 atom stereocenters. The van der Waals surface area contributed by atoms with Gasteiger partial charge in [-0.05, 0) is 30.3 Å². The van der Waals surface area contributed by atoms with Crippen LogP contribution in [0.2, 0.25) is 75.3 Å². The number of benzene rings is 5. The largest absolute Gasteiger partial charge is 5.00 e. The van der Waals surface area contributed by atoms with Gasteiger partial charge in [0.25, 0.3) is 0 Å². The van der Waals surface area contributed by atoms with Gasteiger partial charge in [0.05, 0.1) is 75.3 Å². The molecule has 0 unspecified atom stereocenters. The molecule has 51 heavy (non-hydrogen) atoms. The van der Waals surface area contributed by atoms with Crippen molar-refractivity contribution in [1.82, 2.24) is 0 Å². The number of halogens is 15. The summed E-state index contributed by atoms with van der Waals surface area (Å²) < 4.78 is 0. The summed E-state index contributed by atoms with van der Waals surface area (Å²) in [7, 11) is 0. The molecule has 5 aromatic carbocycles. The number of hydrogen-bond acceptors (Lipinski definition) is 5. The van der Waals surface area contributed by atoms with Crippen molar-refractivity contribution in [3.05, 3.63) is 136 Å². The molecule has 0 N–H and O–H groups in total. The molecule has 0 amide bonds. The molecule has 0 aliphatic rings. The summed E-state index contributed by atoms with van der Waals surface area (Å²) in [6.07, 6.45) is 0. The molecule has 0 radical (unpaired) electrons. The minimum absolute atomic E-state index is 0. The van der Waals surface area contributed by atoms with Crippen LogP contribution >= 0.6 is 174 Å². The smallest absolute Gasteiger partial charge is 0.871 e. The van der Waals surface area contributed by atoms with Crippen LogP contribution in [0.3, 0.4) is 0 Å². The molecular weight excluding hydrogens is 1020 g/mol. The molecule has 0 bridgehead atoms. The first kappa shape index (κ1) is 51.0. The van der Waals surface area contributed by atoms with Crippen LogP contribution in [0.5, 0.6) is 28.7 Å². The van der Waals surface area contributed by atoms with E-state index in [0.717, 1.165) is 0 Å². The summed E-state index contributed by atoms with van der Waals surface area (Å²) in [5.41, 5.74) is 0. The molecule has 270 valence electrons. The first-order valence-corrected chi connectivity index (χ1v) is 17.8. The molecule has 0 heterocycles. The fraction of sp³-hybridized carbons (Fsp3) is 0. The molecule has 0 aliphatic carbocycles.